The van der Waals surface area contributed by atoms with Crippen LogP contribution < -0.4 is 0 Å². The van der Waals surface area contributed by atoms with Gasteiger partial charge in [0.05, 0.1) is 6.07 Å². The van der Waals surface area contributed by atoms with Crippen molar-refractivity contribution < 1.29 is 13.6 Å². The lowest BCUT2D eigenvalue weighted by atomic mass is 9.90. The van der Waals surface area contributed by atoms with Crippen molar-refractivity contribution in [2.24, 2.45) is 0 Å². The fourth-order valence-electron chi connectivity index (χ4n) is 2.00. The second-order valence-corrected chi connectivity index (χ2v) is 4.44. The topological polar surface area (TPSA) is 40.9 Å². The van der Waals surface area contributed by atoms with Gasteiger partial charge in [0, 0.05) is 5.56 Å². The van der Waals surface area contributed by atoms with Crippen molar-refractivity contribution in [3.05, 3.63) is 70.8 Å². The van der Waals surface area contributed by atoms with Gasteiger partial charge in [-0.05, 0) is 48.4 Å². The Morgan fingerprint density at radius 1 is 1.10 bits per heavy atom. The van der Waals surface area contributed by atoms with Gasteiger partial charge in [0.2, 0.25) is 0 Å². The van der Waals surface area contributed by atoms with Crippen LogP contribution in [-0.4, -0.2) is 5.78 Å². The average molecular weight is 271 g/mol. The van der Waals surface area contributed by atoms with Crippen LogP contribution in [0.2, 0.25) is 0 Å². The predicted molar refractivity (Wildman–Crippen MR) is 70.2 cm³/mol. The van der Waals surface area contributed by atoms with E-state index in [2.05, 4.69) is 0 Å². The van der Waals surface area contributed by atoms with E-state index in [1.54, 1.807) is 6.92 Å². The van der Waals surface area contributed by atoms with Gasteiger partial charge in [-0.15, -0.1) is 0 Å². The third kappa shape index (κ3) is 2.72. The Bertz CT molecular complexity index is 687. The number of Topliss-reactive ketones (excluding diaryl/α,β-unsaturated/α-hetero) is 1. The van der Waals surface area contributed by atoms with Gasteiger partial charge < -0.3 is 0 Å². The van der Waals surface area contributed by atoms with E-state index in [0.29, 0.717) is 16.7 Å². The number of nitrogens with zero attached hydrogens (tertiary/aromatic N) is 1. The highest BCUT2D eigenvalue weighted by Crippen LogP contribution is 2.23. The molecule has 0 bridgehead atoms. The molecule has 0 aromatic heterocycles. The second kappa shape index (κ2) is 5.62. The van der Waals surface area contributed by atoms with Gasteiger partial charge >= 0.3 is 0 Å². The van der Waals surface area contributed by atoms with E-state index in [9.17, 15) is 18.8 Å². The van der Waals surface area contributed by atoms with E-state index in [1.807, 2.05) is 6.07 Å². The molecule has 1 atom stereocenters. The first-order valence-electron chi connectivity index (χ1n) is 5.98. The molecular formula is C16H11F2NO. The molecule has 4 heteroatoms. The van der Waals surface area contributed by atoms with Crippen molar-refractivity contribution in [3.63, 3.8) is 0 Å². The zero-order valence-corrected chi connectivity index (χ0v) is 10.7. The third-order valence-electron chi connectivity index (χ3n) is 3.05. The molecule has 0 aliphatic heterocycles. The number of rotatable bonds is 3. The van der Waals surface area contributed by atoms with Gasteiger partial charge in [-0.25, -0.2) is 8.78 Å². The van der Waals surface area contributed by atoms with Crippen LogP contribution >= 0.6 is 0 Å². The molecule has 0 saturated carbocycles. The Hall–Kier alpha value is -2.54. The number of benzene rings is 2. The first-order valence-corrected chi connectivity index (χ1v) is 5.98. The maximum atomic E-state index is 13.0. The Morgan fingerprint density at radius 2 is 1.70 bits per heavy atom. The molecule has 0 radical (unpaired) electrons. The van der Waals surface area contributed by atoms with E-state index in [1.165, 1.54) is 42.5 Å². The normalized spacial score (nSPS) is 11.7. The highest BCUT2D eigenvalue weighted by molar-refractivity contribution is 6.03. The molecule has 0 spiro atoms. The molecule has 0 fully saturated rings. The molecule has 100 valence electrons. The minimum absolute atomic E-state index is 0.294. The number of halogens is 2. The summed E-state index contributed by atoms with van der Waals surface area (Å²) in [4.78, 5) is 12.4. The molecule has 0 heterocycles. The second-order valence-electron chi connectivity index (χ2n) is 4.44. The van der Waals surface area contributed by atoms with E-state index in [4.69, 9.17) is 0 Å². The van der Waals surface area contributed by atoms with Crippen molar-refractivity contribution in [1.29, 1.82) is 5.26 Å². The number of hydrogen-bond acceptors (Lipinski definition) is 2. The van der Waals surface area contributed by atoms with Crippen LogP contribution in [0, 0.1) is 29.9 Å². The SMILES string of the molecule is Cc1cc(F)ccc1C(=O)C(C#N)c1ccc(F)cc1. The number of carbonyl (C=O) groups is 1. The monoisotopic (exact) mass is 271 g/mol. The van der Waals surface area contributed by atoms with Crippen LogP contribution in [0.5, 0.6) is 0 Å². The molecule has 0 aliphatic carbocycles. The summed E-state index contributed by atoms with van der Waals surface area (Å²) in [6, 6.07) is 10.9. The average Bonchev–Trinajstić information content (AvgIpc) is 2.41. The summed E-state index contributed by atoms with van der Waals surface area (Å²) < 4.78 is 25.9. The van der Waals surface area contributed by atoms with Crippen molar-refractivity contribution in [1.82, 2.24) is 0 Å². The lowest BCUT2D eigenvalue weighted by Gasteiger charge is -2.10. The van der Waals surface area contributed by atoms with Crippen LogP contribution in [0.4, 0.5) is 8.78 Å². The van der Waals surface area contributed by atoms with Crippen LogP contribution in [0.15, 0.2) is 42.5 Å². The molecular weight excluding hydrogens is 260 g/mol. The summed E-state index contributed by atoms with van der Waals surface area (Å²) in [5.74, 6) is -2.32. The molecule has 0 aliphatic rings. The first-order chi connectivity index (χ1) is 9.52. The quantitative estimate of drug-likeness (QED) is 0.797. The number of ketones is 1. The predicted octanol–water partition coefficient (Wildman–Crippen LogP) is 3.76. The zero-order valence-electron chi connectivity index (χ0n) is 10.7. The highest BCUT2D eigenvalue weighted by Gasteiger charge is 2.23. The van der Waals surface area contributed by atoms with Crippen molar-refractivity contribution in [3.8, 4) is 6.07 Å². The molecule has 2 rings (SSSR count). The largest absolute Gasteiger partial charge is 0.292 e. The summed E-state index contributed by atoms with van der Waals surface area (Å²) in [5.41, 5.74) is 1.18. The van der Waals surface area contributed by atoms with E-state index < -0.39 is 23.3 Å². The van der Waals surface area contributed by atoms with Gasteiger partial charge in [0.25, 0.3) is 0 Å². The maximum Gasteiger partial charge on any atom is 0.184 e. The van der Waals surface area contributed by atoms with Crippen LogP contribution in [0.3, 0.4) is 0 Å². The molecule has 2 aromatic rings. The van der Waals surface area contributed by atoms with Gasteiger partial charge in [0.1, 0.15) is 17.6 Å². The third-order valence-corrected chi connectivity index (χ3v) is 3.05. The Labute approximate surface area is 115 Å². The van der Waals surface area contributed by atoms with Gasteiger partial charge in [-0.1, -0.05) is 12.1 Å². The minimum atomic E-state index is -1.03. The molecule has 0 saturated heterocycles. The van der Waals surface area contributed by atoms with E-state index in [-0.39, 0.29) is 0 Å². The summed E-state index contributed by atoms with van der Waals surface area (Å²) in [7, 11) is 0. The summed E-state index contributed by atoms with van der Waals surface area (Å²) in [6.45, 7) is 1.61. The lowest BCUT2D eigenvalue weighted by Crippen LogP contribution is -2.12. The maximum absolute atomic E-state index is 13.0. The fraction of sp³-hybridized carbons (Fsp3) is 0.125. The molecule has 1 unspecified atom stereocenters. The molecule has 20 heavy (non-hydrogen) atoms. The fourth-order valence-corrected chi connectivity index (χ4v) is 2.00. The molecule has 0 N–H and O–H groups in total. The lowest BCUT2D eigenvalue weighted by molar-refractivity contribution is 0.0978. The van der Waals surface area contributed by atoms with Crippen molar-refractivity contribution >= 4 is 5.78 Å². The van der Waals surface area contributed by atoms with Gasteiger partial charge in [0.15, 0.2) is 5.78 Å². The zero-order chi connectivity index (χ0) is 14.7. The van der Waals surface area contributed by atoms with Crippen LogP contribution in [-0.2, 0) is 0 Å². The summed E-state index contributed by atoms with van der Waals surface area (Å²) in [6.07, 6.45) is 0. The molecule has 2 aromatic carbocycles. The number of carbonyl (C=O) groups excluding carboxylic acids is 1. The van der Waals surface area contributed by atoms with E-state index >= 15 is 0 Å². The van der Waals surface area contributed by atoms with Gasteiger partial charge in [-0.3, -0.25) is 4.79 Å². The first kappa shape index (κ1) is 13.9. The minimum Gasteiger partial charge on any atom is -0.292 e. The number of hydrogen-bond donors (Lipinski definition) is 0. The van der Waals surface area contributed by atoms with Gasteiger partial charge in [-0.2, -0.15) is 5.26 Å². The molecule has 2 nitrogen and oxygen atoms in total. The summed E-state index contributed by atoms with van der Waals surface area (Å²) >= 11 is 0. The Balaban J connectivity index is 2.39. The number of aryl methyl sites for hydroxylation is 1. The molecule has 0 amide bonds. The summed E-state index contributed by atoms with van der Waals surface area (Å²) in [5, 5.41) is 9.19. The standard InChI is InChI=1S/C16H11F2NO/c1-10-8-13(18)6-7-14(10)16(20)15(9-19)11-2-4-12(17)5-3-11/h2-8,15H,1H3. The van der Waals surface area contributed by atoms with Crippen LogP contribution in [0.1, 0.15) is 27.4 Å². The van der Waals surface area contributed by atoms with E-state index in [0.717, 1.165) is 0 Å². The van der Waals surface area contributed by atoms with Crippen LogP contribution in [0.25, 0.3) is 0 Å². The Kier molecular flexibility index (Phi) is 3.90. The highest BCUT2D eigenvalue weighted by atomic mass is 19.1. The smallest absolute Gasteiger partial charge is 0.184 e. The van der Waals surface area contributed by atoms with Crippen molar-refractivity contribution in [2.75, 3.05) is 0 Å². The Morgan fingerprint density at radius 3 is 2.25 bits per heavy atom. The number of nitriles is 1. The van der Waals surface area contributed by atoms with Crippen molar-refractivity contribution in [2.45, 2.75) is 12.8 Å².